The van der Waals surface area contributed by atoms with Crippen molar-refractivity contribution in [3.05, 3.63) is 86.8 Å². The van der Waals surface area contributed by atoms with Crippen LogP contribution < -0.4 is 10.3 Å². The standard InChI is InChI=1S/C27H25ClN2O5/c1-27(2,3)35-26(33)18-7-5-17(6-8-18)11-21(31)15-30-16-24(34-4)23(13-25(30)32)22-12-20(28)10-9-19(22)14-29/h5-10,12-13,16H,11,15H2,1-4H3. The van der Waals surface area contributed by atoms with E-state index in [0.717, 1.165) is 0 Å². The van der Waals surface area contributed by atoms with Gasteiger partial charge in [-0.25, -0.2) is 4.79 Å². The zero-order valence-electron chi connectivity index (χ0n) is 19.9. The van der Waals surface area contributed by atoms with E-state index in [-0.39, 0.29) is 18.7 Å². The first-order valence-corrected chi connectivity index (χ1v) is 11.2. The number of hydrogen-bond acceptors (Lipinski definition) is 6. The highest BCUT2D eigenvalue weighted by molar-refractivity contribution is 6.31. The van der Waals surface area contributed by atoms with Crippen LogP contribution in [0.3, 0.4) is 0 Å². The maximum Gasteiger partial charge on any atom is 0.338 e. The van der Waals surface area contributed by atoms with Crippen LogP contribution in [0.5, 0.6) is 5.75 Å². The number of nitriles is 1. The number of Topliss-reactive ketones (excluding diaryl/α,β-unsaturated/α-hetero) is 1. The van der Waals surface area contributed by atoms with Crippen LogP contribution in [0.4, 0.5) is 0 Å². The van der Waals surface area contributed by atoms with Crippen molar-refractivity contribution in [3.63, 3.8) is 0 Å². The second kappa shape index (κ2) is 10.6. The van der Waals surface area contributed by atoms with Crippen LogP contribution >= 0.6 is 11.6 Å². The SMILES string of the molecule is COc1cn(CC(=O)Cc2ccc(C(=O)OC(C)(C)C)cc2)c(=O)cc1-c1cc(Cl)ccc1C#N. The third kappa shape index (κ3) is 6.58. The summed E-state index contributed by atoms with van der Waals surface area (Å²) < 4.78 is 12.0. The van der Waals surface area contributed by atoms with Crippen LogP contribution in [0.25, 0.3) is 11.1 Å². The summed E-state index contributed by atoms with van der Waals surface area (Å²) >= 11 is 6.09. The zero-order chi connectivity index (χ0) is 25.8. The summed E-state index contributed by atoms with van der Waals surface area (Å²) in [4.78, 5) is 37.6. The van der Waals surface area contributed by atoms with Gasteiger partial charge in [-0.2, -0.15) is 5.26 Å². The van der Waals surface area contributed by atoms with Crippen LogP contribution in [0.2, 0.25) is 5.02 Å². The van der Waals surface area contributed by atoms with E-state index in [1.54, 1.807) is 63.2 Å². The highest BCUT2D eigenvalue weighted by Crippen LogP contribution is 2.32. The van der Waals surface area contributed by atoms with Crippen molar-refractivity contribution in [1.82, 2.24) is 4.57 Å². The van der Waals surface area contributed by atoms with Crippen LogP contribution in [0.1, 0.15) is 42.3 Å². The molecule has 0 aliphatic rings. The van der Waals surface area contributed by atoms with Gasteiger partial charge in [0.15, 0.2) is 5.78 Å². The molecule has 0 atom stereocenters. The second-order valence-electron chi connectivity index (χ2n) is 8.94. The largest absolute Gasteiger partial charge is 0.495 e. The molecule has 0 saturated heterocycles. The Kier molecular flexibility index (Phi) is 7.78. The Balaban J connectivity index is 1.78. The first-order valence-electron chi connectivity index (χ1n) is 10.8. The fourth-order valence-corrected chi connectivity index (χ4v) is 3.63. The molecule has 0 aliphatic heterocycles. The molecule has 3 aromatic rings. The summed E-state index contributed by atoms with van der Waals surface area (Å²) in [6.07, 6.45) is 1.53. The predicted molar refractivity (Wildman–Crippen MR) is 133 cm³/mol. The average Bonchev–Trinajstić information content (AvgIpc) is 2.79. The molecule has 1 heterocycles. The highest BCUT2D eigenvalue weighted by Gasteiger charge is 2.18. The van der Waals surface area contributed by atoms with Gasteiger partial charge in [0.1, 0.15) is 11.4 Å². The lowest BCUT2D eigenvalue weighted by molar-refractivity contribution is -0.119. The van der Waals surface area contributed by atoms with Crippen molar-refractivity contribution in [2.45, 2.75) is 39.3 Å². The number of aromatic nitrogens is 1. The molecule has 0 unspecified atom stereocenters. The minimum absolute atomic E-state index is 0.0813. The number of benzene rings is 2. The number of ketones is 1. The number of pyridine rings is 1. The van der Waals surface area contributed by atoms with E-state index < -0.39 is 17.1 Å². The maximum atomic E-state index is 12.8. The monoisotopic (exact) mass is 492 g/mol. The third-order valence-corrected chi connectivity index (χ3v) is 5.27. The smallest absolute Gasteiger partial charge is 0.338 e. The van der Waals surface area contributed by atoms with Gasteiger partial charge in [0.25, 0.3) is 5.56 Å². The van der Waals surface area contributed by atoms with Gasteiger partial charge >= 0.3 is 5.97 Å². The van der Waals surface area contributed by atoms with E-state index in [1.807, 2.05) is 0 Å². The van der Waals surface area contributed by atoms with Crippen molar-refractivity contribution in [2.24, 2.45) is 0 Å². The highest BCUT2D eigenvalue weighted by atomic mass is 35.5. The number of carbonyl (C=O) groups excluding carboxylic acids is 2. The van der Waals surface area contributed by atoms with E-state index >= 15 is 0 Å². The van der Waals surface area contributed by atoms with Gasteiger partial charge in [-0.15, -0.1) is 0 Å². The van der Waals surface area contributed by atoms with Gasteiger partial charge in [-0.05, 0) is 56.7 Å². The topological polar surface area (TPSA) is 98.4 Å². The van der Waals surface area contributed by atoms with Crippen LogP contribution in [0, 0.1) is 11.3 Å². The molecule has 0 spiro atoms. The molecule has 0 amide bonds. The van der Waals surface area contributed by atoms with Crippen LogP contribution in [-0.4, -0.2) is 29.0 Å². The Labute approximate surface area is 208 Å². The number of hydrogen-bond donors (Lipinski definition) is 0. The lowest BCUT2D eigenvalue weighted by Crippen LogP contribution is -2.25. The molecule has 7 nitrogen and oxygen atoms in total. The second-order valence-corrected chi connectivity index (χ2v) is 9.37. The number of nitrogens with zero attached hydrogens (tertiary/aromatic N) is 2. The zero-order valence-corrected chi connectivity index (χ0v) is 20.7. The molecule has 0 bridgehead atoms. The summed E-state index contributed by atoms with van der Waals surface area (Å²) in [6.45, 7) is 5.21. The fraction of sp³-hybridized carbons (Fsp3) is 0.259. The molecule has 0 saturated carbocycles. The molecule has 2 aromatic carbocycles. The number of rotatable bonds is 7. The van der Waals surface area contributed by atoms with Crippen molar-refractivity contribution < 1.29 is 19.1 Å². The maximum absolute atomic E-state index is 12.8. The normalized spacial score (nSPS) is 11.0. The summed E-state index contributed by atoms with van der Waals surface area (Å²) in [6, 6.07) is 14.8. The first-order chi connectivity index (χ1) is 16.5. The minimum atomic E-state index is -0.599. The minimum Gasteiger partial charge on any atom is -0.495 e. The Bertz CT molecular complexity index is 1360. The number of esters is 1. The van der Waals surface area contributed by atoms with Crippen molar-refractivity contribution in [3.8, 4) is 22.9 Å². The van der Waals surface area contributed by atoms with E-state index in [1.165, 1.54) is 23.9 Å². The molecular formula is C27H25ClN2O5. The Morgan fingerprint density at radius 1 is 1.06 bits per heavy atom. The van der Waals surface area contributed by atoms with Gasteiger partial charge in [-0.1, -0.05) is 23.7 Å². The average molecular weight is 493 g/mol. The summed E-state index contributed by atoms with van der Waals surface area (Å²) in [7, 11) is 1.44. The van der Waals surface area contributed by atoms with Crippen LogP contribution in [0.15, 0.2) is 59.5 Å². The molecule has 0 N–H and O–H groups in total. The van der Waals surface area contributed by atoms with Gasteiger partial charge in [-0.3, -0.25) is 9.59 Å². The Hall–Kier alpha value is -3.89. The third-order valence-electron chi connectivity index (χ3n) is 5.04. The summed E-state index contributed by atoms with van der Waals surface area (Å²) in [5.74, 6) is -0.307. The quantitative estimate of drug-likeness (QED) is 0.439. The number of halogens is 1. The molecule has 3 rings (SSSR count). The van der Waals surface area contributed by atoms with Crippen molar-refractivity contribution in [2.75, 3.05) is 7.11 Å². The Morgan fingerprint density at radius 2 is 1.74 bits per heavy atom. The molecule has 0 aliphatic carbocycles. The van der Waals surface area contributed by atoms with Crippen molar-refractivity contribution in [1.29, 1.82) is 5.26 Å². The molecule has 180 valence electrons. The molecule has 0 fully saturated rings. The molecule has 8 heteroatoms. The molecule has 1 aromatic heterocycles. The van der Waals surface area contributed by atoms with Gasteiger partial charge in [0.2, 0.25) is 0 Å². The number of carbonyl (C=O) groups is 2. The summed E-state index contributed by atoms with van der Waals surface area (Å²) in [5.41, 5.74) is 1.31. The van der Waals surface area contributed by atoms with E-state index in [9.17, 15) is 19.6 Å². The van der Waals surface area contributed by atoms with E-state index in [4.69, 9.17) is 21.1 Å². The molecule has 0 radical (unpaired) electrons. The fourth-order valence-electron chi connectivity index (χ4n) is 3.45. The van der Waals surface area contributed by atoms with Gasteiger partial charge in [0.05, 0.1) is 37.0 Å². The first kappa shape index (κ1) is 25.7. The van der Waals surface area contributed by atoms with Gasteiger partial charge < -0.3 is 14.0 Å². The van der Waals surface area contributed by atoms with Crippen LogP contribution in [-0.2, 0) is 22.5 Å². The molecular weight excluding hydrogens is 468 g/mol. The van der Waals surface area contributed by atoms with E-state index in [2.05, 4.69) is 6.07 Å². The summed E-state index contributed by atoms with van der Waals surface area (Å²) in [5, 5.41) is 9.84. The predicted octanol–water partition coefficient (Wildman–Crippen LogP) is 4.82. The lowest BCUT2D eigenvalue weighted by atomic mass is 10.0. The number of methoxy groups -OCH3 is 1. The Morgan fingerprint density at radius 3 is 2.34 bits per heavy atom. The van der Waals surface area contributed by atoms with E-state index in [0.29, 0.717) is 38.6 Å². The van der Waals surface area contributed by atoms with Crippen molar-refractivity contribution >= 4 is 23.4 Å². The molecule has 35 heavy (non-hydrogen) atoms. The number of ether oxygens (including phenoxy) is 2. The van der Waals surface area contributed by atoms with Gasteiger partial charge in [0, 0.05) is 28.6 Å². The lowest BCUT2D eigenvalue weighted by Gasteiger charge is -2.19.